The molecule has 2 aliphatic rings. The molecular weight excluding hydrogens is 354 g/mol. The summed E-state index contributed by atoms with van der Waals surface area (Å²) >= 11 is 0. The van der Waals surface area contributed by atoms with Crippen molar-refractivity contribution in [2.24, 2.45) is 0 Å². The SMILES string of the molecule is CN1C[C@@H](NC(=O)NC2CCCCC2)C[C@H]1c1nc(Cc2ccccc2)no1. The van der Waals surface area contributed by atoms with E-state index in [9.17, 15) is 4.79 Å². The number of carbonyl (C=O) groups is 1. The molecule has 2 atom stereocenters. The number of aromatic nitrogens is 2. The van der Waals surface area contributed by atoms with Gasteiger partial charge in [0.1, 0.15) is 0 Å². The maximum atomic E-state index is 12.3. The van der Waals surface area contributed by atoms with E-state index in [1.54, 1.807) is 0 Å². The third-order valence-electron chi connectivity index (χ3n) is 5.80. The van der Waals surface area contributed by atoms with Gasteiger partial charge in [-0.1, -0.05) is 54.8 Å². The van der Waals surface area contributed by atoms with E-state index >= 15 is 0 Å². The lowest BCUT2D eigenvalue weighted by Crippen LogP contribution is -2.47. The Balaban J connectivity index is 1.30. The van der Waals surface area contributed by atoms with Crippen LogP contribution in [0.15, 0.2) is 34.9 Å². The molecule has 1 saturated carbocycles. The number of hydrogen-bond donors (Lipinski definition) is 2. The smallest absolute Gasteiger partial charge is 0.315 e. The number of carbonyl (C=O) groups excluding carboxylic acids is 1. The van der Waals surface area contributed by atoms with Crippen molar-refractivity contribution in [1.82, 2.24) is 25.7 Å². The van der Waals surface area contributed by atoms with E-state index in [4.69, 9.17) is 4.52 Å². The van der Waals surface area contributed by atoms with Crippen molar-refractivity contribution in [3.63, 3.8) is 0 Å². The average molecular weight is 383 g/mol. The minimum absolute atomic E-state index is 0.0389. The van der Waals surface area contributed by atoms with Gasteiger partial charge in [0.2, 0.25) is 5.89 Å². The first kappa shape index (κ1) is 18.9. The van der Waals surface area contributed by atoms with Gasteiger partial charge in [0, 0.05) is 25.0 Å². The Bertz CT molecular complexity index is 772. The second-order valence-corrected chi connectivity index (χ2v) is 8.05. The highest BCUT2D eigenvalue weighted by Crippen LogP contribution is 2.29. The fourth-order valence-electron chi connectivity index (χ4n) is 4.31. The Labute approximate surface area is 165 Å². The van der Waals surface area contributed by atoms with Crippen LogP contribution in [0.1, 0.15) is 61.8 Å². The zero-order valence-corrected chi connectivity index (χ0v) is 16.4. The standard InChI is InChI=1S/C21H29N5O2/c1-26-14-17(23-21(27)22-16-10-6-3-7-11-16)13-18(26)20-24-19(25-28-20)12-15-8-4-2-5-9-15/h2,4-5,8-9,16-18H,3,6-7,10-14H2,1H3,(H2,22,23,27)/t17-,18-/m0/s1. The van der Waals surface area contributed by atoms with Crippen LogP contribution in [-0.2, 0) is 6.42 Å². The molecule has 4 rings (SSSR count). The molecule has 2 heterocycles. The minimum atomic E-state index is -0.0544. The van der Waals surface area contributed by atoms with Gasteiger partial charge in [-0.05, 0) is 31.9 Å². The van der Waals surface area contributed by atoms with Crippen LogP contribution in [0, 0.1) is 0 Å². The molecule has 1 aliphatic heterocycles. The van der Waals surface area contributed by atoms with Crippen molar-refractivity contribution in [2.45, 2.75) is 63.1 Å². The van der Waals surface area contributed by atoms with Crippen LogP contribution in [0.25, 0.3) is 0 Å². The predicted molar refractivity (Wildman–Crippen MR) is 106 cm³/mol. The maximum absolute atomic E-state index is 12.3. The molecule has 0 radical (unpaired) electrons. The van der Waals surface area contributed by atoms with Gasteiger partial charge >= 0.3 is 6.03 Å². The summed E-state index contributed by atoms with van der Waals surface area (Å²) in [5.74, 6) is 1.33. The Kier molecular flexibility index (Phi) is 5.90. The van der Waals surface area contributed by atoms with Crippen molar-refractivity contribution in [3.05, 3.63) is 47.6 Å². The predicted octanol–water partition coefficient (Wildman–Crippen LogP) is 3.04. The van der Waals surface area contributed by atoms with Crippen molar-refractivity contribution in [1.29, 1.82) is 0 Å². The zero-order chi connectivity index (χ0) is 19.3. The fraction of sp³-hybridized carbons (Fsp3) is 0.571. The molecule has 28 heavy (non-hydrogen) atoms. The van der Waals surface area contributed by atoms with Crippen molar-refractivity contribution >= 4 is 6.03 Å². The number of likely N-dealkylation sites (tertiary alicyclic amines) is 1. The summed E-state index contributed by atoms with van der Waals surface area (Å²) < 4.78 is 5.53. The van der Waals surface area contributed by atoms with Crippen LogP contribution in [0.2, 0.25) is 0 Å². The molecule has 1 aromatic carbocycles. The monoisotopic (exact) mass is 383 g/mol. The molecular formula is C21H29N5O2. The number of nitrogens with zero attached hydrogens (tertiary/aromatic N) is 3. The third-order valence-corrected chi connectivity index (χ3v) is 5.80. The van der Waals surface area contributed by atoms with E-state index < -0.39 is 0 Å². The minimum Gasteiger partial charge on any atom is -0.338 e. The highest BCUT2D eigenvalue weighted by molar-refractivity contribution is 5.74. The van der Waals surface area contributed by atoms with E-state index in [2.05, 4.69) is 37.8 Å². The first-order valence-electron chi connectivity index (χ1n) is 10.3. The molecule has 2 fully saturated rings. The summed E-state index contributed by atoms with van der Waals surface area (Å²) in [6, 6.07) is 10.5. The highest BCUT2D eigenvalue weighted by atomic mass is 16.5. The zero-order valence-electron chi connectivity index (χ0n) is 16.4. The van der Waals surface area contributed by atoms with Gasteiger partial charge in [-0.3, -0.25) is 4.90 Å². The number of hydrogen-bond acceptors (Lipinski definition) is 5. The molecule has 1 aromatic heterocycles. The van der Waals surface area contributed by atoms with Gasteiger partial charge in [-0.25, -0.2) is 4.79 Å². The Hall–Kier alpha value is -2.41. The van der Waals surface area contributed by atoms with Crippen LogP contribution in [0.5, 0.6) is 0 Å². The average Bonchev–Trinajstić information content (AvgIpc) is 3.29. The molecule has 2 aromatic rings. The maximum Gasteiger partial charge on any atom is 0.315 e. The highest BCUT2D eigenvalue weighted by Gasteiger charge is 2.35. The molecule has 1 aliphatic carbocycles. The van der Waals surface area contributed by atoms with Crippen molar-refractivity contribution in [2.75, 3.05) is 13.6 Å². The summed E-state index contributed by atoms with van der Waals surface area (Å²) in [4.78, 5) is 19.1. The normalized spacial score (nSPS) is 23.6. The van der Waals surface area contributed by atoms with Crippen LogP contribution in [0.4, 0.5) is 4.79 Å². The summed E-state index contributed by atoms with van der Waals surface area (Å²) in [5, 5.41) is 10.4. The van der Waals surface area contributed by atoms with E-state index in [1.807, 2.05) is 25.2 Å². The molecule has 2 N–H and O–H groups in total. The molecule has 0 unspecified atom stereocenters. The summed E-state index contributed by atoms with van der Waals surface area (Å²) in [6.45, 7) is 0.777. The van der Waals surface area contributed by atoms with Gasteiger partial charge in [0.05, 0.1) is 6.04 Å². The van der Waals surface area contributed by atoms with Gasteiger partial charge < -0.3 is 15.2 Å². The van der Waals surface area contributed by atoms with Crippen LogP contribution in [0.3, 0.4) is 0 Å². The summed E-state index contributed by atoms with van der Waals surface area (Å²) in [6.07, 6.45) is 7.32. The lowest BCUT2D eigenvalue weighted by molar-refractivity contribution is 0.228. The van der Waals surface area contributed by atoms with Crippen molar-refractivity contribution in [3.8, 4) is 0 Å². The lowest BCUT2D eigenvalue weighted by atomic mass is 9.96. The number of amides is 2. The number of benzene rings is 1. The third kappa shape index (κ3) is 4.70. The quantitative estimate of drug-likeness (QED) is 0.829. The summed E-state index contributed by atoms with van der Waals surface area (Å²) in [7, 11) is 2.03. The number of urea groups is 1. The first-order chi connectivity index (χ1) is 13.7. The Morgan fingerprint density at radius 2 is 1.89 bits per heavy atom. The van der Waals surface area contributed by atoms with E-state index in [-0.39, 0.29) is 18.1 Å². The van der Waals surface area contributed by atoms with Crippen LogP contribution < -0.4 is 10.6 Å². The summed E-state index contributed by atoms with van der Waals surface area (Å²) in [5.41, 5.74) is 1.16. The number of nitrogens with one attached hydrogen (secondary N) is 2. The molecule has 7 heteroatoms. The van der Waals surface area contributed by atoms with E-state index in [1.165, 1.54) is 19.3 Å². The van der Waals surface area contributed by atoms with Crippen LogP contribution in [-0.4, -0.2) is 46.7 Å². The van der Waals surface area contributed by atoms with Gasteiger partial charge in [0.15, 0.2) is 5.82 Å². The van der Waals surface area contributed by atoms with Gasteiger partial charge in [0.25, 0.3) is 0 Å². The molecule has 2 amide bonds. The van der Waals surface area contributed by atoms with E-state index in [0.717, 1.165) is 31.4 Å². The van der Waals surface area contributed by atoms with Gasteiger partial charge in [-0.2, -0.15) is 4.98 Å². The Morgan fingerprint density at radius 3 is 2.68 bits per heavy atom. The first-order valence-corrected chi connectivity index (χ1v) is 10.3. The second-order valence-electron chi connectivity index (χ2n) is 8.05. The fourth-order valence-corrected chi connectivity index (χ4v) is 4.31. The molecule has 0 spiro atoms. The molecule has 150 valence electrons. The largest absolute Gasteiger partial charge is 0.338 e. The topological polar surface area (TPSA) is 83.3 Å². The molecule has 0 bridgehead atoms. The number of likely N-dealkylation sites (N-methyl/N-ethyl adjacent to an activating group) is 1. The molecule has 7 nitrogen and oxygen atoms in total. The van der Waals surface area contributed by atoms with Crippen molar-refractivity contribution < 1.29 is 9.32 Å². The number of rotatable bonds is 5. The van der Waals surface area contributed by atoms with Gasteiger partial charge in [-0.15, -0.1) is 0 Å². The van der Waals surface area contributed by atoms with E-state index in [0.29, 0.717) is 24.2 Å². The molecule has 1 saturated heterocycles. The Morgan fingerprint density at radius 1 is 1.14 bits per heavy atom. The lowest BCUT2D eigenvalue weighted by Gasteiger charge is -2.24. The van der Waals surface area contributed by atoms with Crippen LogP contribution >= 0.6 is 0 Å². The second kappa shape index (κ2) is 8.73.